The normalized spacial score (nSPS) is 11.8. The Kier molecular flexibility index (Phi) is 9.12. The highest BCUT2D eigenvalue weighted by atomic mass is 35.5. The van der Waals surface area contributed by atoms with Crippen LogP contribution >= 0.6 is 11.6 Å². The number of rotatable bonds is 11. The van der Waals surface area contributed by atoms with Crippen molar-refractivity contribution in [2.24, 2.45) is 0 Å². The number of carbonyl (C=O) groups excluding carboxylic acids is 1. The first-order valence-corrected chi connectivity index (χ1v) is 13.0. The molecule has 37 heavy (non-hydrogen) atoms. The number of hydrogen-bond donors (Lipinski definition) is 1. The Morgan fingerprint density at radius 2 is 1.49 bits per heavy atom. The summed E-state index contributed by atoms with van der Waals surface area (Å²) in [6, 6.07) is 15.5. The maximum Gasteiger partial charge on any atom is 0.265 e. The minimum atomic E-state index is -4.28. The molecule has 0 aliphatic carbocycles. The van der Waals surface area contributed by atoms with Crippen molar-refractivity contribution in [3.63, 3.8) is 0 Å². The fourth-order valence-electron chi connectivity index (χ4n) is 3.66. The number of nitrogens with one attached hydrogen (secondary N) is 1. The van der Waals surface area contributed by atoms with E-state index in [0.29, 0.717) is 11.5 Å². The van der Waals surface area contributed by atoms with Crippen molar-refractivity contribution in [3.8, 4) is 23.0 Å². The first kappa shape index (κ1) is 27.9. The monoisotopic (exact) mass is 548 g/mol. The van der Waals surface area contributed by atoms with Crippen molar-refractivity contribution >= 4 is 33.2 Å². The van der Waals surface area contributed by atoms with Gasteiger partial charge in [0.05, 0.1) is 45.1 Å². The quantitative estimate of drug-likeness (QED) is 0.377. The van der Waals surface area contributed by atoms with Gasteiger partial charge in [-0.3, -0.25) is 9.10 Å². The van der Waals surface area contributed by atoms with Gasteiger partial charge in [0.2, 0.25) is 5.91 Å². The summed E-state index contributed by atoms with van der Waals surface area (Å²) in [6.45, 7) is 1.26. The summed E-state index contributed by atoms with van der Waals surface area (Å²) in [6.07, 6.45) is 0. The smallest absolute Gasteiger partial charge is 0.265 e. The summed E-state index contributed by atoms with van der Waals surface area (Å²) >= 11 is 6.20. The lowest BCUT2D eigenvalue weighted by Crippen LogP contribution is -2.41. The van der Waals surface area contributed by atoms with Crippen LogP contribution in [0.15, 0.2) is 65.6 Å². The molecule has 0 aromatic heterocycles. The van der Waals surface area contributed by atoms with E-state index in [2.05, 4.69) is 5.32 Å². The predicted octanol–water partition coefficient (Wildman–Crippen LogP) is 4.45. The van der Waals surface area contributed by atoms with Crippen LogP contribution in [0.4, 0.5) is 5.69 Å². The highest BCUT2D eigenvalue weighted by Crippen LogP contribution is 2.37. The molecule has 0 saturated heterocycles. The van der Waals surface area contributed by atoms with Crippen molar-refractivity contribution in [1.29, 1.82) is 0 Å². The number of amides is 1. The van der Waals surface area contributed by atoms with E-state index in [1.165, 1.54) is 51.7 Å². The van der Waals surface area contributed by atoms with Crippen LogP contribution in [0.3, 0.4) is 0 Å². The Labute approximate surface area is 221 Å². The molecular weight excluding hydrogens is 520 g/mol. The summed E-state index contributed by atoms with van der Waals surface area (Å²) in [5.74, 6) is 0.958. The molecule has 3 rings (SSSR count). The number of benzene rings is 3. The van der Waals surface area contributed by atoms with Gasteiger partial charge in [0.1, 0.15) is 18.0 Å². The maximum absolute atomic E-state index is 13.9. The number of anilines is 1. The van der Waals surface area contributed by atoms with Gasteiger partial charge in [0, 0.05) is 11.1 Å². The number of carbonyl (C=O) groups is 1. The Morgan fingerprint density at radius 1 is 0.865 bits per heavy atom. The van der Waals surface area contributed by atoms with Crippen LogP contribution in [0.1, 0.15) is 18.5 Å². The molecule has 0 bridgehead atoms. The first-order valence-electron chi connectivity index (χ1n) is 11.2. The van der Waals surface area contributed by atoms with E-state index >= 15 is 0 Å². The number of methoxy groups -OCH3 is 4. The zero-order valence-electron chi connectivity index (χ0n) is 21.1. The van der Waals surface area contributed by atoms with Crippen molar-refractivity contribution in [3.05, 3.63) is 71.2 Å². The molecule has 1 atom stereocenters. The molecule has 3 aromatic rings. The number of sulfonamides is 1. The molecule has 1 N–H and O–H groups in total. The van der Waals surface area contributed by atoms with Gasteiger partial charge in [0.25, 0.3) is 10.0 Å². The highest BCUT2D eigenvalue weighted by molar-refractivity contribution is 7.92. The minimum Gasteiger partial charge on any atom is -0.497 e. The minimum absolute atomic E-state index is 0.108. The van der Waals surface area contributed by atoms with E-state index in [1.807, 2.05) is 12.1 Å². The molecule has 0 heterocycles. The van der Waals surface area contributed by atoms with E-state index in [0.717, 1.165) is 9.87 Å². The van der Waals surface area contributed by atoms with Crippen LogP contribution in [-0.4, -0.2) is 49.3 Å². The summed E-state index contributed by atoms with van der Waals surface area (Å²) in [4.78, 5) is 13.1. The third kappa shape index (κ3) is 6.39. The van der Waals surface area contributed by atoms with E-state index in [-0.39, 0.29) is 27.1 Å². The topological polar surface area (TPSA) is 103 Å². The van der Waals surface area contributed by atoms with E-state index < -0.39 is 28.5 Å². The van der Waals surface area contributed by atoms with E-state index in [4.69, 9.17) is 30.5 Å². The Bertz CT molecular complexity index is 1350. The fourth-order valence-corrected chi connectivity index (χ4v) is 5.26. The lowest BCUT2D eigenvalue weighted by atomic mass is 10.1. The first-order chi connectivity index (χ1) is 17.6. The van der Waals surface area contributed by atoms with Crippen LogP contribution in [0.25, 0.3) is 0 Å². The Morgan fingerprint density at radius 3 is 2.08 bits per heavy atom. The van der Waals surface area contributed by atoms with Crippen molar-refractivity contribution < 1.29 is 32.2 Å². The van der Waals surface area contributed by atoms with Crippen LogP contribution in [0, 0.1) is 0 Å². The van der Waals surface area contributed by atoms with Crippen molar-refractivity contribution in [2.75, 3.05) is 39.3 Å². The molecule has 11 heteroatoms. The predicted molar refractivity (Wildman–Crippen MR) is 142 cm³/mol. The van der Waals surface area contributed by atoms with E-state index in [1.54, 1.807) is 32.2 Å². The molecule has 1 amide bonds. The second-order valence-corrected chi connectivity index (χ2v) is 10.2. The number of halogens is 1. The molecular formula is C26H29ClN2O7S. The number of ether oxygens (including phenoxy) is 4. The standard InChI is InChI=1S/C26H29ClN2O7S/c1-17(18-6-9-20(33-2)10-7-18)28-26(30)16-29(22-14-19(27)8-12-23(22)34-3)37(31,32)21-11-13-24(35-4)25(15-21)36-5/h6-15,17H,16H2,1-5H3,(H,28,30). The number of hydrogen-bond acceptors (Lipinski definition) is 7. The van der Waals surface area contributed by atoms with Crippen molar-refractivity contribution in [2.45, 2.75) is 17.9 Å². The average molecular weight is 549 g/mol. The molecule has 3 aromatic carbocycles. The summed E-state index contributed by atoms with van der Waals surface area (Å²) in [5.41, 5.74) is 0.931. The molecule has 1 unspecified atom stereocenters. The van der Waals surface area contributed by atoms with Crippen LogP contribution in [0.2, 0.25) is 5.02 Å². The Balaban J connectivity index is 2.00. The lowest BCUT2D eigenvalue weighted by molar-refractivity contribution is -0.120. The zero-order valence-corrected chi connectivity index (χ0v) is 22.7. The molecule has 0 aliphatic rings. The molecule has 0 fully saturated rings. The largest absolute Gasteiger partial charge is 0.497 e. The van der Waals surface area contributed by atoms with Crippen molar-refractivity contribution in [1.82, 2.24) is 5.32 Å². The molecule has 0 aliphatic heterocycles. The average Bonchev–Trinajstić information content (AvgIpc) is 2.91. The second kappa shape index (κ2) is 12.1. The van der Waals surface area contributed by atoms with Gasteiger partial charge < -0.3 is 24.3 Å². The molecule has 0 saturated carbocycles. The zero-order chi connectivity index (χ0) is 27.2. The van der Waals surface area contributed by atoms with Gasteiger partial charge in [-0.05, 0) is 55.0 Å². The van der Waals surface area contributed by atoms with Gasteiger partial charge in [0.15, 0.2) is 11.5 Å². The highest BCUT2D eigenvalue weighted by Gasteiger charge is 2.31. The van der Waals surface area contributed by atoms with E-state index in [9.17, 15) is 13.2 Å². The summed E-state index contributed by atoms with van der Waals surface area (Å²) in [7, 11) is 1.54. The van der Waals surface area contributed by atoms with Gasteiger partial charge in [-0.15, -0.1) is 0 Å². The SMILES string of the molecule is COc1ccc(C(C)NC(=O)CN(c2cc(Cl)ccc2OC)S(=O)(=O)c2ccc(OC)c(OC)c2)cc1. The summed E-state index contributed by atoms with van der Waals surface area (Å²) in [5, 5.41) is 3.12. The van der Waals surface area contributed by atoms with Gasteiger partial charge in [-0.2, -0.15) is 0 Å². The fraction of sp³-hybridized carbons (Fsp3) is 0.269. The Hall–Kier alpha value is -3.63. The van der Waals surface area contributed by atoms with Gasteiger partial charge in [-0.1, -0.05) is 23.7 Å². The molecule has 0 spiro atoms. The third-order valence-corrected chi connectivity index (χ3v) is 7.62. The third-order valence-electron chi connectivity index (χ3n) is 5.63. The number of nitrogens with zero attached hydrogens (tertiary/aromatic N) is 1. The summed E-state index contributed by atoms with van der Waals surface area (Å²) < 4.78 is 49.8. The van der Waals surface area contributed by atoms with Gasteiger partial charge in [-0.25, -0.2) is 8.42 Å². The van der Waals surface area contributed by atoms with Crippen LogP contribution in [-0.2, 0) is 14.8 Å². The molecule has 198 valence electrons. The second-order valence-electron chi connectivity index (χ2n) is 7.91. The molecule has 9 nitrogen and oxygen atoms in total. The van der Waals surface area contributed by atoms with Gasteiger partial charge >= 0.3 is 0 Å². The lowest BCUT2D eigenvalue weighted by Gasteiger charge is -2.27. The molecule has 0 radical (unpaired) electrons. The maximum atomic E-state index is 13.9. The van der Waals surface area contributed by atoms with Crippen LogP contribution < -0.4 is 28.6 Å². The van der Waals surface area contributed by atoms with Crippen LogP contribution in [0.5, 0.6) is 23.0 Å².